The molecule has 3 heterocycles. The third-order valence-corrected chi connectivity index (χ3v) is 11.9. The molecule has 7 N–H and O–H groups in total. The van der Waals surface area contributed by atoms with Crippen molar-refractivity contribution in [3.05, 3.63) is 178 Å². The first-order valence-electron chi connectivity index (χ1n) is 21.4. The van der Waals surface area contributed by atoms with E-state index in [0.29, 0.717) is 28.0 Å². The van der Waals surface area contributed by atoms with Gasteiger partial charge in [0, 0.05) is 37.0 Å². The van der Waals surface area contributed by atoms with E-state index in [0.717, 1.165) is 16.0 Å². The van der Waals surface area contributed by atoms with Crippen molar-refractivity contribution in [3.8, 4) is 22.6 Å². The maximum Gasteiger partial charge on any atom is 0.326 e. The van der Waals surface area contributed by atoms with Gasteiger partial charge in [0.1, 0.15) is 41.7 Å². The van der Waals surface area contributed by atoms with Crippen molar-refractivity contribution in [2.75, 3.05) is 6.61 Å². The van der Waals surface area contributed by atoms with Gasteiger partial charge in [-0.25, -0.2) is 4.79 Å². The molecular formula is C51H49N5O9S. The second-order valence-corrected chi connectivity index (χ2v) is 17.0. The molecule has 0 saturated carbocycles. The number of carboxylic acids is 1. The highest BCUT2D eigenvalue weighted by molar-refractivity contribution is 7.09. The van der Waals surface area contributed by atoms with Crippen molar-refractivity contribution in [1.82, 2.24) is 26.6 Å². The lowest BCUT2D eigenvalue weighted by atomic mass is 9.99. The lowest BCUT2D eigenvalue weighted by Crippen LogP contribution is -2.60. The van der Waals surface area contributed by atoms with Crippen LogP contribution in [-0.2, 0) is 60.9 Å². The number of carbonyl (C=O) groups is 6. The first-order valence-corrected chi connectivity index (χ1v) is 22.3. The minimum absolute atomic E-state index is 0.00567. The minimum atomic E-state index is -1.41. The number of fused-ring (bicyclic) bond motifs is 16. The van der Waals surface area contributed by atoms with Crippen molar-refractivity contribution < 1.29 is 43.7 Å². The standard InChI is InChI=1S/C51H49N5O9S/c57-38-21-15-34(16-22-38)29-45(51(63)64)56-49(61)43-28-35-17-23-39(24-18-35)65-31-46(58)52-44(30-40-12-7-25-66-40)50(62)55-42(27-33-13-19-37(20-14-33)36-10-5-2-6-11-36)48(60)53-41(47(59)54-43)26-32-8-3-1-4-9-32/h1-25,41-45,57H,26-31H2,(H,52,58)(H,53,60)(H,54,59)(H,55,62)(H,56,61)(H,63,64). The number of benzene rings is 5. The van der Waals surface area contributed by atoms with Gasteiger partial charge in [0.2, 0.25) is 23.6 Å². The first-order chi connectivity index (χ1) is 31.9. The number of thiophene rings is 1. The highest BCUT2D eigenvalue weighted by atomic mass is 32.1. The molecule has 0 spiro atoms. The maximum absolute atomic E-state index is 14.7. The van der Waals surface area contributed by atoms with E-state index >= 15 is 0 Å². The average molecular weight is 908 g/mol. The number of carbonyl (C=O) groups excluding carboxylic acids is 5. The first kappa shape index (κ1) is 46.2. The molecule has 0 fully saturated rings. The number of hydrogen-bond acceptors (Lipinski definition) is 9. The Labute approximate surface area is 385 Å². The topological polar surface area (TPSA) is 212 Å². The molecule has 0 aliphatic carbocycles. The highest BCUT2D eigenvalue weighted by Gasteiger charge is 2.33. The summed E-state index contributed by atoms with van der Waals surface area (Å²) in [6.45, 7) is -0.439. The molecule has 2 aliphatic heterocycles. The maximum atomic E-state index is 14.7. The second-order valence-electron chi connectivity index (χ2n) is 16.0. The SMILES string of the molecule is O=C1COc2ccc(cc2)CC(C(=O)NC(Cc2ccc(O)cc2)C(=O)O)NC(=O)C(Cc2ccccc2)NC(=O)C(Cc2ccc(-c3ccccc3)cc2)NC(=O)C(Cc2cccs2)N1. The Morgan fingerprint density at radius 3 is 1.79 bits per heavy atom. The Balaban J connectivity index is 1.22. The van der Waals surface area contributed by atoms with E-state index in [1.807, 2.05) is 78.2 Å². The van der Waals surface area contributed by atoms with Crippen molar-refractivity contribution in [3.63, 3.8) is 0 Å². The number of ether oxygens (including phenoxy) is 1. The van der Waals surface area contributed by atoms with E-state index in [-0.39, 0.29) is 37.9 Å². The van der Waals surface area contributed by atoms with Gasteiger partial charge in [-0.15, -0.1) is 11.3 Å². The Hall–Kier alpha value is -7.78. The van der Waals surface area contributed by atoms with E-state index < -0.39 is 72.3 Å². The molecule has 0 radical (unpaired) electrons. The number of aromatic hydroxyl groups is 1. The smallest absolute Gasteiger partial charge is 0.326 e. The summed E-state index contributed by atoms with van der Waals surface area (Å²) in [7, 11) is 0. The molecule has 6 aromatic rings. The number of carboxylic acid groups (broad SMARTS) is 1. The van der Waals surface area contributed by atoms with E-state index in [4.69, 9.17) is 4.74 Å². The molecule has 5 aromatic carbocycles. The zero-order valence-electron chi connectivity index (χ0n) is 35.7. The molecule has 0 saturated heterocycles. The molecule has 5 amide bonds. The number of rotatable bonds is 12. The van der Waals surface area contributed by atoms with E-state index in [1.54, 1.807) is 60.7 Å². The lowest BCUT2D eigenvalue weighted by molar-refractivity contribution is -0.142. The average Bonchev–Trinajstić information content (AvgIpc) is 3.84. The fraction of sp³-hybridized carbons (Fsp3) is 0.216. The Bertz CT molecular complexity index is 2590. The van der Waals surface area contributed by atoms with Gasteiger partial charge in [-0.1, -0.05) is 115 Å². The van der Waals surface area contributed by atoms with Crippen LogP contribution in [0.4, 0.5) is 0 Å². The van der Waals surface area contributed by atoms with Crippen LogP contribution < -0.4 is 31.3 Å². The Morgan fingerprint density at radius 1 is 0.621 bits per heavy atom. The molecular weight excluding hydrogens is 859 g/mol. The lowest BCUT2D eigenvalue weighted by Gasteiger charge is -2.27. The largest absolute Gasteiger partial charge is 0.508 e. The van der Waals surface area contributed by atoms with Crippen molar-refractivity contribution in [1.29, 1.82) is 0 Å². The number of phenols is 1. The molecule has 5 atom stereocenters. The molecule has 66 heavy (non-hydrogen) atoms. The van der Waals surface area contributed by atoms with E-state index in [9.17, 15) is 39.0 Å². The summed E-state index contributed by atoms with van der Waals surface area (Å²) in [4.78, 5) is 84.4. The van der Waals surface area contributed by atoms with Crippen molar-refractivity contribution >= 4 is 46.8 Å². The van der Waals surface area contributed by atoms with Crippen LogP contribution in [-0.4, -0.2) is 82.5 Å². The predicted octanol–water partition coefficient (Wildman–Crippen LogP) is 4.54. The summed E-state index contributed by atoms with van der Waals surface area (Å²) in [5.41, 5.74) is 4.41. The van der Waals surface area contributed by atoms with Crippen LogP contribution in [0.25, 0.3) is 11.1 Å². The zero-order valence-corrected chi connectivity index (χ0v) is 36.5. The van der Waals surface area contributed by atoms with Gasteiger partial charge >= 0.3 is 5.97 Å². The number of amides is 5. The van der Waals surface area contributed by atoms with Crippen LogP contribution in [0.1, 0.15) is 27.1 Å². The van der Waals surface area contributed by atoms with Crippen LogP contribution in [0.3, 0.4) is 0 Å². The molecule has 5 unspecified atom stereocenters. The van der Waals surface area contributed by atoms with Gasteiger partial charge in [0.15, 0.2) is 6.61 Å². The van der Waals surface area contributed by atoms with Crippen LogP contribution in [0, 0.1) is 0 Å². The third-order valence-electron chi connectivity index (χ3n) is 11.0. The number of aliphatic carboxylic acids is 1. The van der Waals surface area contributed by atoms with Crippen molar-refractivity contribution in [2.45, 2.75) is 62.3 Å². The summed E-state index contributed by atoms with van der Waals surface area (Å²) in [6.07, 6.45) is -0.0978. The van der Waals surface area contributed by atoms with E-state index in [2.05, 4.69) is 26.6 Å². The normalized spacial score (nSPS) is 18.7. The summed E-state index contributed by atoms with van der Waals surface area (Å²) in [6, 6.07) is 35.9. The molecule has 2 bridgehead atoms. The van der Waals surface area contributed by atoms with Gasteiger partial charge in [0.25, 0.3) is 5.91 Å². The van der Waals surface area contributed by atoms with E-state index in [1.165, 1.54) is 23.5 Å². The molecule has 8 rings (SSSR count). The zero-order chi connectivity index (χ0) is 46.4. The van der Waals surface area contributed by atoms with Crippen LogP contribution in [0.2, 0.25) is 0 Å². The summed E-state index contributed by atoms with van der Waals surface area (Å²) in [5.74, 6) is -4.48. The molecule has 1 aromatic heterocycles. The number of nitrogens with one attached hydrogen (secondary N) is 5. The monoisotopic (exact) mass is 907 g/mol. The Kier molecular flexibility index (Phi) is 15.6. The molecule has 14 nitrogen and oxygen atoms in total. The summed E-state index contributed by atoms with van der Waals surface area (Å²) < 4.78 is 5.78. The minimum Gasteiger partial charge on any atom is -0.508 e. The predicted molar refractivity (Wildman–Crippen MR) is 248 cm³/mol. The summed E-state index contributed by atoms with van der Waals surface area (Å²) >= 11 is 1.41. The number of hydrogen-bond donors (Lipinski definition) is 7. The van der Waals surface area contributed by atoms with Gasteiger partial charge < -0.3 is 41.5 Å². The fourth-order valence-corrected chi connectivity index (χ4v) is 8.27. The molecule has 2 aliphatic rings. The Morgan fingerprint density at radius 2 is 1.18 bits per heavy atom. The highest BCUT2D eigenvalue weighted by Crippen LogP contribution is 2.21. The van der Waals surface area contributed by atoms with Gasteiger partial charge in [-0.2, -0.15) is 0 Å². The second kappa shape index (κ2) is 22.2. The van der Waals surface area contributed by atoms with Crippen LogP contribution >= 0.6 is 11.3 Å². The van der Waals surface area contributed by atoms with Gasteiger partial charge in [-0.3, -0.25) is 24.0 Å². The summed E-state index contributed by atoms with van der Waals surface area (Å²) in [5, 5.41) is 35.6. The van der Waals surface area contributed by atoms with Crippen LogP contribution in [0.15, 0.2) is 151 Å². The molecule has 338 valence electrons. The third kappa shape index (κ3) is 13.1. The van der Waals surface area contributed by atoms with Crippen molar-refractivity contribution in [2.24, 2.45) is 0 Å². The van der Waals surface area contributed by atoms with Crippen LogP contribution in [0.5, 0.6) is 11.5 Å². The fourth-order valence-electron chi connectivity index (χ4n) is 7.52. The quantitative estimate of drug-likeness (QED) is 0.0859. The van der Waals surface area contributed by atoms with Gasteiger partial charge in [0.05, 0.1) is 0 Å². The number of phenolic OH excluding ortho intramolecular Hbond substituents is 1. The molecule has 15 heteroatoms. The van der Waals surface area contributed by atoms with Gasteiger partial charge in [-0.05, 0) is 69.1 Å².